The summed E-state index contributed by atoms with van der Waals surface area (Å²) in [6.45, 7) is 0. The molecule has 114 valence electrons. The maximum atomic E-state index is 12.6. The van der Waals surface area contributed by atoms with Crippen LogP contribution in [0.1, 0.15) is 5.56 Å². The molecule has 3 rings (SSSR count). The number of aromatic nitrogens is 1. The fourth-order valence-corrected chi connectivity index (χ4v) is 3.59. The molecule has 0 aliphatic carbocycles. The van der Waals surface area contributed by atoms with Crippen LogP contribution in [0.25, 0.3) is 10.8 Å². The van der Waals surface area contributed by atoms with E-state index >= 15 is 0 Å². The second-order valence-corrected chi connectivity index (χ2v) is 6.64. The molecule has 1 aromatic heterocycles. The molecule has 0 radical (unpaired) electrons. The van der Waals surface area contributed by atoms with E-state index in [-0.39, 0.29) is 4.90 Å². The van der Waals surface area contributed by atoms with Gasteiger partial charge >= 0.3 is 0 Å². The predicted octanol–water partition coefficient (Wildman–Crippen LogP) is 3.10. The van der Waals surface area contributed by atoms with Crippen molar-refractivity contribution < 1.29 is 8.42 Å². The minimum atomic E-state index is -3.72. The lowest BCUT2D eigenvalue weighted by Crippen LogP contribution is -2.13. The van der Waals surface area contributed by atoms with Crippen LogP contribution >= 0.6 is 0 Å². The molecular weight excluding hydrogens is 310 g/mol. The molecule has 0 bridgehead atoms. The molecule has 0 saturated carbocycles. The van der Waals surface area contributed by atoms with Gasteiger partial charge in [-0.2, -0.15) is 5.26 Å². The highest BCUT2D eigenvalue weighted by Gasteiger charge is 2.17. The summed E-state index contributed by atoms with van der Waals surface area (Å²) >= 11 is 0. The van der Waals surface area contributed by atoms with Crippen molar-refractivity contribution in [1.29, 1.82) is 5.26 Å². The molecule has 0 saturated heterocycles. The van der Waals surface area contributed by atoms with Crippen LogP contribution in [-0.4, -0.2) is 13.4 Å². The first kappa shape index (κ1) is 15.0. The largest absolute Gasteiger partial charge is 0.280 e. The molecule has 5 nitrogen and oxygen atoms in total. The Morgan fingerprint density at radius 3 is 2.61 bits per heavy atom. The van der Waals surface area contributed by atoms with Gasteiger partial charge in [-0.1, -0.05) is 24.3 Å². The van der Waals surface area contributed by atoms with Crippen molar-refractivity contribution >= 4 is 26.5 Å². The van der Waals surface area contributed by atoms with Crippen LogP contribution < -0.4 is 4.72 Å². The molecule has 1 N–H and O–H groups in total. The number of fused-ring (bicyclic) bond motifs is 1. The second kappa shape index (κ2) is 6.07. The number of pyridine rings is 1. The summed E-state index contributed by atoms with van der Waals surface area (Å²) in [5, 5.41) is 10.0. The summed E-state index contributed by atoms with van der Waals surface area (Å²) in [4.78, 5) is 4.19. The number of nitriles is 1. The average Bonchev–Trinajstić information content (AvgIpc) is 2.56. The van der Waals surface area contributed by atoms with Crippen LogP contribution in [0.15, 0.2) is 65.8 Å². The lowest BCUT2D eigenvalue weighted by molar-refractivity contribution is 0.602. The van der Waals surface area contributed by atoms with E-state index in [9.17, 15) is 8.42 Å². The zero-order chi connectivity index (χ0) is 16.3. The Kier molecular flexibility index (Phi) is 3.96. The van der Waals surface area contributed by atoms with Gasteiger partial charge < -0.3 is 0 Å². The van der Waals surface area contributed by atoms with Gasteiger partial charge in [0, 0.05) is 23.5 Å². The highest BCUT2D eigenvalue weighted by Crippen LogP contribution is 2.24. The SMILES string of the molecule is N#CCc1ccc(NS(=O)(=O)c2cccc3ccncc23)cc1. The van der Waals surface area contributed by atoms with E-state index in [4.69, 9.17) is 5.26 Å². The Labute approximate surface area is 134 Å². The van der Waals surface area contributed by atoms with Gasteiger partial charge in [-0.05, 0) is 35.2 Å². The number of hydrogen-bond acceptors (Lipinski definition) is 4. The van der Waals surface area contributed by atoms with Crippen molar-refractivity contribution in [2.45, 2.75) is 11.3 Å². The summed E-state index contributed by atoms with van der Waals surface area (Å²) in [7, 11) is -3.72. The van der Waals surface area contributed by atoms with Gasteiger partial charge in [-0.25, -0.2) is 8.42 Å². The van der Waals surface area contributed by atoms with E-state index in [0.29, 0.717) is 17.5 Å². The lowest BCUT2D eigenvalue weighted by atomic mass is 10.1. The average molecular weight is 323 g/mol. The minimum absolute atomic E-state index is 0.184. The topological polar surface area (TPSA) is 82.9 Å². The Bertz CT molecular complexity index is 985. The Morgan fingerprint density at radius 2 is 1.87 bits per heavy atom. The van der Waals surface area contributed by atoms with Crippen LogP contribution in [0.2, 0.25) is 0 Å². The van der Waals surface area contributed by atoms with Crippen LogP contribution in [0.5, 0.6) is 0 Å². The highest BCUT2D eigenvalue weighted by atomic mass is 32.2. The van der Waals surface area contributed by atoms with E-state index in [2.05, 4.69) is 15.8 Å². The molecule has 23 heavy (non-hydrogen) atoms. The third kappa shape index (κ3) is 3.15. The Hall–Kier alpha value is -2.91. The van der Waals surface area contributed by atoms with Gasteiger partial charge in [0.15, 0.2) is 0 Å². The fraction of sp³-hybridized carbons (Fsp3) is 0.0588. The number of nitrogens with zero attached hydrogens (tertiary/aromatic N) is 2. The van der Waals surface area contributed by atoms with Crippen molar-refractivity contribution in [3.05, 3.63) is 66.5 Å². The fourth-order valence-electron chi connectivity index (χ4n) is 2.31. The molecule has 3 aromatic rings. The van der Waals surface area contributed by atoms with Gasteiger partial charge in [0.25, 0.3) is 10.0 Å². The zero-order valence-corrected chi connectivity index (χ0v) is 12.9. The predicted molar refractivity (Wildman–Crippen MR) is 88.3 cm³/mol. The second-order valence-electron chi connectivity index (χ2n) is 4.99. The molecular formula is C17H13N3O2S. The molecule has 0 aliphatic heterocycles. The van der Waals surface area contributed by atoms with Crippen LogP contribution in [0.4, 0.5) is 5.69 Å². The maximum absolute atomic E-state index is 12.6. The van der Waals surface area contributed by atoms with Gasteiger partial charge in [0.1, 0.15) is 0 Å². The maximum Gasteiger partial charge on any atom is 0.262 e. The quantitative estimate of drug-likeness (QED) is 0.799. The van der Waals surface area contributed by atoms with Gasteiger partial charge in [0.05, 0.1) is 17.4 Å². The number of hydrogen-bond donors (Lipinski definition) is 1. The normalized spacial score (nSPS) is 11.1. The highest BCUT2D eigenvalue weighted by molar-refractivity contribution is 7.93. The number of rotatable bonds is 4. The summed E-state index contributed by atoms with van der Waals surface area (Å²) in [6, 6.07) is 15.7. The summed E-state index contributed by atoms with van der Waals surface area (Å²) in [5.41, 5.74) is 1.29. The van der Waals surface area contributed by atoms with E-state index in [1.54, 1.807) is 54.9 Å². The molecule has 0 atom stereocenters. The van der Waals surface area contributed by atoms with Crippen molar-refractivity contribution in [3.63, 3.8) is 0 Å². The summed E-state index contributed by atoms with van der Waals surface area (Å²) < 4.78 is 27.8. The molecule has 2 aromatic carbocycles. The van der Waals surface area contributed by atoms with Crippen molar-refractivity contribution in [1.82, 2.24) is 4.98 Å². The molecule has 0 amide bonds. The first-order chi connectivity index (χ1) is 11.1. The molecule has 0 fully saturated rings. The Balaban J connectivity index is 1.96. The minimum Gasteiger partial charge on any atom is -0.280 e. The van der Waals surface area contributed by atoms with Crippen molar-refractivity contribution in [2.75, 3.05) is 4.72 Å². The van der Waals surface area contributed by atoms with E-state index < -0.39 is 10.0 Å². The third-order valence-electron chi connectivity index (χ3n) is 3.42. The van der Waals surface area contributed by atoms with E-state index in [0.717, 1.165) is 10.9 Å². The van der Waals surface area contributed by atoms with Crippen molar-refractivity contribution in [3.8, 4) is 6.07 Å². The first-order valence-corrected chi connectivity index (χ1v) is 8.40. The van der Waals surface area contributed by atoms with Crippen LogP contribution in [0.3, 0.4) is 0 Å². The van der Waals surface area contributed by atoms with Crippen LogP contribution in [0, 0.1) is 11.3 Å². The van der Waals surface area contributed by atoms with Gasteiger partial charge in [-0.15, -0.1) is 0 Å². The number of anilines is 1. The smallest absolute Gasteiger partial charge is 0.262 e. The Morgan fingerprint density at radius 1 is 1.09 bits per heavy atom. The van der Waals surface area contributed by atoms with Crippen LogP contribution in [-0.2, 0) is 16.4 Å². The van der Waals surface area contributed by atoms with E-state index in [1.807, 2.05) is 6.07 Å². The third-order valence-corrected chi connectivity index (χ3v) is 4.86. The van der Waals surface area contributed by atoms with Gasteiger partial charge in [0.2, 0.25) is 0 Å². The number of sulfonamides is 1. The summed E-state index contributed by atoms with van der Waals surface area (Å²) in [6.07, 6.45) is 3.46. The molecule has 1 heterocycles. The molecule has 0 aliphatic rings. The van der Waals surface area contributed by atoms with E-state index in [1.165, 1.54) is 0 Å². The van der Waals surface area contributed by atoms with Crippen molar-refractivity contribution in [2.24, 2.45) is 0 Å². The zero-order valence-electron chi connectivity index (χ0n) is 12.1. The van der Waals surface area contributed by atoms with Gasteiger partial charge in [-0.3, -0.25) is 9.71 Å². The number of nitrogens with one attached hydrogen (secondary N) is 1. The molecule has 0 spiro atoms. The first-order valence-electron chi connectivity index (χ1n) is 6.91. The number of benzene rings is 2. The monoisotopic (exact) mass is 323 g/mol. The molecule has 0 unspecified atom stereocenters. The lowest BCUT2D eigenvalue weighted by Gasteiger charge is -2.10. The standard InChI is InChI=1S/C17H13N3O2S/c18-10-8-13-4-6-15(7-5-13)20-23(21,22)17-3-1-2-14-9-11-19-12-16(14)17/h1-7,9,11-12,20H,8H2. The molecule has 6 heteroatoms. The summed E-state index contributed by atoms with van der Waals surface area (Å²) in [5.74, 6) is 0.